The molecule has 132 valence electrons. The van der Waals surface area contributed by atoms with Crippen LogP contribution in [0.2, 0.25) is 0 Å². The fourth-order valence-corrected chi connectivity index (χ4v) is 3.11. The highest BCUT2D eigenvalue weighted by Gasteiger charge is 2.33. The van der Waals surface area contributed by atoms with Crippen LogP contribution in [0, 0.1) is 11.8 Å². The molecule has 0 spiro atoms. The minimum absolute atomic E-state index is 0. The highest BCUT2D eigenvalue weighted by molar-refractivity contribution is 6.05. The van der Waals surface area contributed by atoms with Gasteiger partial charge >= 0.3 is 0 Å². The average molecular weight is 352 g/mol. The van der Waals surface area contributed by atoms with Crippen molar-refractivity contribution in [1.82, 2.24) is 10.6 Å². The number of piperidine rings is 1. The van der Waals surface area contributed by atoms with Gasteiger partial charge < -0.3 is 15.5 Å². The maximum atomic E-state index is 12.6. The molecule has 1 aliphatic heterocycles. The van der Waals surface area contributed by atoms with Gasteiger partial charge in [-0.25, -0.2) is 0 Å². The molecule has 1 aliphatic carbocycles. The zero-order valence-electron chi connectivity index (χ0n) is 14.1. The van der Waals surface area contributed by atoms with Gasteiger partial charge in [0, 0.05) is 19.5 Å². The van der Waals surface area contributed by atoms with E-state index in [1.54, 1.807) is 18.0 Å². The van der Waals surface area contributed by atoms with Gasteiger partial charge in [0.15, 0.2) is 0 Å². The summed E-state index contributed by atoms with van der Waals surface area (Å²) in [4.78, 5) is 26.5. The number of carbonyl (C=O) groups excluding carboxylic acids is 2. The SMILES string of the molecule is CN(C(=O)C1CC1)c1ccccc1C(=O)NCC1CCCNC1.Cl. The van der Waals surface area contributed by atoms with Crippen LogP contribution in [0.5, 0.6) is 0 Å². The second-order valence-electron chi connectivity index (χ2n) is 6.61. The predicted molar refractivity (Wildman–Crippen MR) is 97.8 cm³/mol. The lowest BCUT2D eigenvalue weighted by Crippen LogP contribution is -2.38. The molecule has 1 heterocycles. The number of hydrogen-bond donors (Lipinski definition) is 2. The van der Waals surface area contributed by atoms with Crippen LogP contribution in [-0.2, 0) is 4.79 Å². The van der Waals surface area contributed by atoms with Crippen LogP contribution in [0.25, 0.3) is 0 Å². The highest BCUT2D eigenvalue weighted by Crippen LogP contribution is 2.33. The topological polar surface area (TPSA) is 61.4 Å². The lowest BCUT2D eigenvalue weighted by Gasteiger charge is -2.24. The van der Waals surface area contributed by atoms with E-state index in [0.29, 0.717) is 23.7 Å². The zero-order valence-corrected chi connectivity index (χ0v) is 14.9. The Bertz CT molecular complexity index is 583. The fraction of sp³-hybridized carbons (Fsp3) is 0.556. The van der Waals surface area contributed by atoms with Gasteiger partial charge in [-0.1, -0.05) is 12.1 Å². The minimum atomic E-state index is -0.0957. The van der Waals surface area contributed by atoms with Gasteiger partial charge in [0.05, 0.1) is 11.3 Å². The van der Waals surface area contributed by atoms with E-state index in [1.165, 1.54) is 0 Å². The summed E-state index contributed by atoms with van der Waals surface area (Å²) in [5.74, 6) is 0.651. The van der Waals surface area contributed by atoms with E-state index >= 15 is 0 Å². The number of hydrogen-bond acceptors (Lipinski definition) is 3. The Hall–Kier alpha value is -1.59. The summed E-state index contributed by atoms with van der Waals surface area (Å²) in [6, 6.07) is 7.35. The number of rotatable bonds is 5. The van der Waals surface area contributed by atoms with E-state index in [2.05, 4.69) is 10.6 Å². The Labute approximate surface area is 149 Å². The van der Waals surface area contributed by atoms with Gasteiger partial charge in [-0.3, -0.25) is 9.59 Å². The first kappa shape index (κ1) is 18.7. The molecule has 1 aromatic rings. The molecule has 1 aromatic carbocycles. The predicted octanol–water partition coefficient (Wildman–Crippen LogP) is 2.21. The van der Waals surface area contributed by atoms with Gasteiger partial charge in [0.1, 0.15) is 0 Å². The molecule has 0 bridgehead atoms. The van der Waals surface area contributed by atoms with Crippen LogP contribution in [0.4, 0.5) is 5.69 Å². The summed E-state index contributed by atoms with van der Waals surface area (Å²) in [5, 5.41) is 6.39. The molecule has 6 heteroatoms. The van der Waals surface area contributed by atoms with Gasteiger partial charge in [-0.05, 0) is 56.8 Å². The first-order chi connectivity index (χ1) is 11.2. The molecule has 2 aliphatic rings. The molecule has 2 fully saturated rings. The van der Waals surface area contributed by atoms with E-state index in [0.717, 1.165) is 38.8 Å². The molecule has 24 heavy (non-hydrogen) atoms. The molecule has 5 nitrogen and oxygen atoms in total. The molecule has 2 N–H and O–H groups in total. The van der Waals surface area contributed by atoms with E-state index < -0.39 is 0 Å². The lowest BCUT2D eigenvalue weighted by molar-refractivity contribution is -0.119. The Balaban J connectivity index is 0.00000208. The van der Waals surface area contributed by atoms with Crippen molar-refractivity contribution in [2.24, 2.45) is 11.8 Å². The normalized spacial score (nSPS) is 20.0. The molecule has 0 radical (unpaired) electrons. The van der Waals surface area contributed by atoms with Crippen molar-refractivity contribution in [1.29, 1.82) is 0 Å². The van der Waals surface area contributed by atoms with Gasteiger partial charge in [-0.15, -0.1) is 12.4 Å². The molecule has 1 saturated carbocycles. The highest BCUT2D eigenvalue weighted by atomic mass is 35.5. The number of benzene rings is 1. The summed E-state index contributed by atoms with van der Waals surface area (Å²) in [5.41, 5.74) is 1.27. The van der Waals surface area contributed by atoms with Gasteiger partial charge in [-0.2, -0.15) is 0 Å². The van der Waals surface area contributed by atoms with Crippen molar-refractivity contribution in [3.05, 3.63) is 29.8 Å². The fourth-order valence-electron chi connectivity index (χ4n) is 3.11. The minimum Gasteiger partial charge on any atom is -0.352 e. The third-order valence-corrected chi connectivity index (χ3v) is 4.72. The summed E-state index contributed by atoms with van der Waals surface area (Å²) < 4.78 is 0. The number of carbonyl (C=O) groups is 2. The van der Waals surface area contributed by atoms with E-state index in [4.69, 9.17) is 0 Å². The zero-order chi connectivity index (χ0) is 16.2. The van der Waals surface area contributed by atoms with Crippen LogP contribution in [-0.4, -0.2) is 38.5 Å². The van der Waals surface area contributed by atoms with Crippen molar-refractivity contribution < 1.29 is 9.59 Å². The summed E-state index contributed by atoms with van der Waals surface area (Å²) in [6.07, 6.45) is 4.24. The van der Waals surface area contributed by atoms with Crippen molar-refractivity contribution >= 4 is 29.9 Å². The first-order valence-corrected chi connectivity index (χ1v) is 8.52. The average Bonchev–Trinajstić information content (AvgIpc) is 3.44. The van der Waals surface area contributed by atoms with Crippen LogP contribution in [0.15, 0.2) is 24.3 Å². The molecule has 2 amide bonds. The van der Waals surface area contributed by atoms with Crippen LogP contribution in [0.1, 0.15) is 36.0 Å². The van der Waals surface area contributed by atoms with Crippen molar-refractivity contribution in [3.63, 3.8) is 0 Å². The molecule has 1 atom stereocenters. The van der Waals surface area contributed by atoms with Crippen molar-refractivity contribution in [2.45, 2.75) is 25.7 Å². The number of amides is 2. The molecule has 3 rings (SSSR count). The van der Waals surface area contributed by atoms with Crippen molar-refractivity contribution in [2.75, 3.05) is 31.6 Å². The Kier molecular flexibility index (Phi) is 6.63. The Morgan fingerprint density at radius 2 is 2.00 bits per heavy atom. The van der Waals surface area contributed by atoms with E-state index in [-0.39, 0.29) is 30.1 Å². The van der Waals surface area contributed by atoms with Gasteiger partial charge in [0.2, 0.25) is 5.91 Å². The number of nitrogens with zero attached hydrogens (tertiary/aromatic N) is 1. The number of anilines is 1. The number of para-hydroxylation sites is 1. The molecule has 0 aromatic heterocycles. The summed E-state index contributed by atoms with van der Waals surface area (Å²) in [7, 11) is 1.76. The van der Waals surface area contributed by atoms with Crippen molar-refractivity contribution in [3.8, 4) is 0 Å². The van der Waals surface area contributed by atoms with E-state index in [1.807, 2.05) is 18.2 Å². The first-order valence-electron chi connectivity index (χ1n) is 8.52. The lowest BCUT2D eigenvalue weighted by atomic mass is 9.99. The maximum absolute atomic E-state index is 12.6. The smallest absolute Gasteiger partial charge is 0.253 e. The second-order valence-corrected chi connectivity index (χ2v) is 6.61. The van der Waals surface area contributed by atoms with Crippen LogP contribution < -0.4 is 15.5 Å². The monoisotopic (exact) mass is 351 g/mol. The maximum Gasteiger partial charge on any atom is 0.253 e. The summed E-state index contributed by atoms with van der Waals surface area (Å²) in [6.45, 7) is 2.71. The standard InChI is InChI=1S/C18H25N3O2.ClH/c1-21(18(23)14-8-9-14)16-7-3-2-6-15(16)17(22)20-12-13-5-4-10-19-11-13;/h2-3,6-7,13-14,19H,4-5,8-12H2,1H3,(H,20,22);1H. The third-order valence-electron chi connectivity index (χ3n) is 4.72. The van der Waals surface area contributed by atoms with Crippen LogP contribution >= 0.6 is 12.4 Å². The Morgan fingerprint density at radius 1 is 1.25 bits per heavy atom. The largest absolute Gasteiger partial charge is 0.352 e. The molecule has 1 unspecified atom stereocenters. The second kappa shape index (κ2) is 8.49. The van der Waals surface area contributed by atoms with Crippen LogP contribution in [0.3, 0.4) is 0 Å². The molecule has 1 saturated heterocycles. The molecular formula is C18H26ClN3O2. The Morgan fingerprint density at radius 3 is 2.67 bits per heavy atom. The van der Waals surface area contributed by atoms with E-state index in [9.17, 15) is 9.59 Å². The van der Waals surface area contributed by atoms with Gasteiger partial charge in [0.25, 0.3) is 5.91 Å². The summed E-state index contributed by atoms with van der Waals surface area (Å²) >= 11 is 0. The number of halogens is 1. The molecular weight excluding hydrogens is 326 g/mol. The quantitative estimate of drug-likeness (QED) is 0.855. The number of nitrogens with one attached hydrogen (secondary N) is 2. The third kappa shape index (κ3) is 4.48.